The summed E-state index contributed by atoms with van der Waals surface area (Å²) in [6, 6.07) is 11.9. The third kappa shape index (κ3) is 4.64. The molecule has 0 fully saturated rings. The van der Waals surface area contributed by atoms with Crippen LogP contribution in [0.15, 0.2) is 47.6 Å². The van der Waals surface area contributed by atoms with Crippen LogP contribution in [-0.2, 0) is 4.79 Å². The van der Waals surface area contributed by atoms with Crippen LogP contribution in [0.4, 0.5) is 5.69 Å². The van der Waals surface area contributed by atoms with E-state index in [0.29, 0.717) is 25.9 Å². The first-order chi connectivity index (χ1) is 12.0. The van der Waals surface area contributed by atoms with Crippen molar-refractivity contribution in [2.75, 3.05) is 11.1 Å². The molecule has 0 aliphatic carbocycles. The zero-order valence-electron chi connectivity index (χ0n) is 12.5. The molecule has 0 aliphatic heterocycles. The quantitative estimate of drug-likeness (QED) is 0.628. The zero-order valence-corrected chi connectivity index (χ0v) is 15.6. The first kappa shape index (κ1) is 18.0. The fourth-order valence-electron chi connectivity index (χ4n) is 1.92. The number of rotatable bonds is 5. The molecular weight excluding hydrogens is 405 g/mol. The second kappa shape index (κ2) is 8.05. The van der Waals surface area contributed by atoms with Gasteiger partial charge in [0, 0.05) is 10.0 Å². The van der Waals surface area contributed by atoms with Crippen molar-refractivity contribution in [3.05, 3.63) is 57.5 Å². The van der Waals surface area contributed by atoms with Gasteiger partial charge >= 0.3 is 0 Å². The minimum atomic E-state index is -0.250. The summed E-state index contributed by atoms with van der Waals surface area (Å²) in [6.45, 7) is 0. The number of benzene rings is 2. The predicted molar refractivity (Wildman–Crippen MR) is 100.0 cm³/mol. The molecule has 10 heteroatoms. The molecule has 1 amide bonds. The van der Waals surface area contributed by atoms with E-state index in [9.17, 15) is 4.79 Å². The van der Waals surface area contributed by atoms with Crippen LogP contribution in [0.3, 0.4) is 0 Å². The van der Waals surface area contributed by atoms with Crippen molar-refractivity contribution in [2.45, 2.75) is 5.16 Å². The molecule has 128 valence electrons. The Kier molecular flexibility index (Phi) is 5.80. The SMILES string of the molecule is O=C(CSc1nnnn1-c1ccc(Cl)cc1)Nc1cc(Cl)ccc1Cl. The molecule has 1 N–H and O–H groups in total. The summed E-state index contributed by atoms with van der Waals surface area (Å²) in [5.41, 5.74) is 1.20. The van der Waals surface area contributed by atoms with Crippen LogP contribution in [0, 0.1) is 0 Å². The summed E-state index contributed by atoms with van der Waals surface area (Å²) in [7, 11) is 0. The van der Waals surface area contributed by atoms with Gasteiger partial charge in [-0.2, -0.15) is 4.68 Å². The number of anilines is 1. The van der Waals surface area contributed by atoms with Gasteiger partial charge in [0.1, 0.15) is 0 Å². The summed E-state index contributed by atoms with van der Waals surface area (Å²) in [5, 5.41) is 16.2. The molecule has 25 heavy (non-hydrogen) atoms. The van der Waals surface area contributed by atoms with Gasteiger partial charge in [0.2, 0.25) is 11.1 Å². The third-order valence-corrected chi connectivity index (χ3v) is 4.78. The summed E-state index contributed by atoms with van der Waals surface area (Å²) < 4.78 is 1.53. The molecular formula is C15H10Cl3N5OS. The molecule has 2 aromatic carbocycles. The number of tetrazole rings is 1. The fraction of sp³-hybridized carbons (Fsp3) is 0.0667. The van der Waals surface area contributed by atoms with Crippen molar-refractivity contribution in [2.24, 2.45) is 0 Å². The molecule has 0 atom stereocenters. The molecule has 0 spiro atoms. The van der Waals surface area contributed by atoms with Crippen molar-refractivity contribution in [1.29, 1.82) is 0 Å². The Balaban J connectivity index is 1.66. The van der Waals surface area contributed by atoms with Crippen molar-refractivity contribution in [3.8, 4) is 5.69 Å². The van der Waals surface area contributed by atoms with Crippen LogP contribution >= 0.6 is 46.6 Å². The van der Waals surface area contributed by atoms with Gasteiger partial charge < -0.3 is 5.32 Å². The van der Waals surface area contributed by atoms with E-state index < -0.39 is 0 Å². The van der Waals surface area contributed by atoms with Crippen LogP contribution in [0.1, 0.15) is 0 Å². The molecule has 1 heterocycles. The van der Waals surface area contributed by atoms with Gasteiger partial charge in [-0.05, 0) is 52.9 Å². The fourth-order valence-corrected chi connectivity index (χ4v) is 3.08. The Morgan fingerprint density at radius 3 is 2.56 bits per heavy atom. The van der Waals surface area contributed by atoms with E-state index in [1.165, 1.54) is 16.4 Å². The second-order valence-corrected chi connectivity index (χ2v) is 7.03. The van der Waals surface area contributed by atoms with Gasteiger partial charge in [-0.25, -0.2) is 0 Å². The summed E-state index contributed by atoms with van der Waals surface area (Å²) in [6.07, 6.45) is 0. The van der Waals surface area contributed by atoms with Gasteiger partial charge in [0.05, 0.1) is 22.2 Å². The number of hydrogen-bond donors (Lipinski definition) is 1. The monoisotopic (exact) mass is 413 g/mol. The number of amides is 1. The normalized spacial score (nSPS) is 10.7. The van der Waals surface area contributed by atoms with Crippen LogP contribution in [-0.4, -0.2) is 31.9 Å². The molecule has 3 aromatic rings. The van der Waals surface area contributed by atoms with Crippen LogP contribution < -0.4 is 5.32 Å². The molecule has 3 rings (SSSR count). The highest BCUT2D eigenvalue weighted by atomic mass is 35.5. The lowest BCUT2D eigenvalue weighted by Crippen LogP contribution is -2.15. The van der Waals surface area contributed by atoms with Crippen LogP contribution in [0.25, 0.3) is 5.69 Å². The van der Waals surface area contributed by atoms with Gasteiger partial charge in [-0.1, -0.05) is 46.6 Å². The third-order valence-electron chi connectivity index (χ3n) is 3.05. The maximum Gasteiger partial charge on any atom is 0.234 e. The standard InChI is InChI=1S/C15H10Cl3N5OS/c16-9-1-4-11(5-2-9)23-15(20-21-22-23)25-8-14(24)19-13-7-10(17)3-6-12(13)18/h1-7H,8H2,(H,19,24). The Morgan fingerprint density at radius 1 is 1.08 bits per heavy atom. The van der Waals surface area contributed by atoms with E-state index in [4.69, 9.17) is 34.8 Å². The van der Waals surface area contributed by atoms with Crippen molar-refractivity contribution in [1.82, 2.24) is 20.2 Å². The number of carbonyl (C=O) groups excluding carboxylic acids is 1. The minimum absolute atomic E-state index is 0.108. The highest BCUT2D eigenvalue weighted by Crippen LogP contribution is 2.26. The van der Waals surface area contributed by atoms with E-state index in [1.54, 1.807) is 42.5 Å². The molecule has 6 nitrogen and oxygen atoms in total. The van der Waals surface area contributed by atoms with Gasteiger partial charge in [-0.3, -0.25) is 4.79 Å². The number of carbonyl (C=O) groups is 1. The van der Waals surface area contributed by atoms with Crippen molar-refractivity contribution < 1.29 is 4.79 Å². The Labute approximate surface area is 162 Å². The van der Waals surface area contributed by atoms with E-state index in [0.717, 1.165) is 5.69 Å². The molecule has 0 aliphatic rings. The topological polar surface area (TPSA) is 72.7 Å². The lowest BCUT2D eigenvalue weighted by Gasteiger charge is -2.08. The number of thioether (sulfide) groups is 1. The number of halogens is 3. The number of hydrogen-bond acceptors (Lipinski definition) is 5. The average Bonchev–Trinajstić information content (AvgIpc) is 3.05. The van der Waals surface area contributed by atoms with E-state index in [1.807, 2.05) is 0 Å². The van der Waals surface area contributed by atoms with E-state index in [-0.39, 0.29) is 11.7 Å². The number of nitrogens with one attached hydrogen (secondary N) is 1. The Bertz CT molecular complexity index is 900. The van der Waals surface area contributed by atoms with Gasteiger partial charge in [0.25, 0.3) is 0 Å². The summed E-state index contributed by atoms with van der Waals surface area (Å²) in [4.78, 5) is 12.1. The maximum atomic E-state index is 12.1. The lowest BCUT2D eigenvalue weighted by atomic mass is 10.3. The first-order valence-corrected chi connectivity index (χ1v) is 9.07. The molecule has 1 aromatic heterocycles. The van der Waals surface area contributed by atoms with Crippen molar-refractivity contribution in [3.63, 3.8) is 0 Å². The van der Waals surface area contributed by atoms with Crippen molar-refractivity contribution >= 4 is 58.2 Å². The molecule has 0 saturated carbocycles. The predicted octanol–water partition coefficient (Wildman–Crippen LogP) is 4.35. The first-order valence-electron chi connectivity index (χ1n) is 6.95. The summed E-state index contributed by atoms with van der Waals surface area (Å²) >= 11 is 19.0. The molecule has 0 bridgehead atoms. The van der Waals surface area contributed by atoms with Crippen LogP contribution in [0.5, 0.6) is 0 Å². The maximum absolute atomic E-state index is 12.1. The zero-order chi connectivity index (χ0) is 17.8. The molecule has 0 saturated heterocycles. The smallest absolute Gasteiger partial charge is 0.234 e. The van der Waals surface area contributed by atoms with Gasteiger partial charge in [0.15, 0.2) is 0 Å². The minimum Gasteiger partial charge on any atom is -0.324 e. The highest BCUT2D eigenvalue weighted by Gasteiger charge is 2.13. The molecule has 0 unspecified atom stereocenters. The second-order valence-electron chi connectivity index (χ2n) is 4.81. The highest BCUT2D eigenvalue weighted by molar-refractivity contribution is 7.99. The lowest BCUT2D eigenvalue weighted by molar-refractivity contribution is -0.113. The van der Waals surface area contributed by atoms with E-state index >= 15 is 0 Å². The van der Waals surface area contributed by atoms with E-state index in [2.05, 4.69) is 20.8 Å². The number of aromatic nitrogens is 4. The summed E-state index contributed by atoms with van der Waals surface area (Å²) in [5.74, 6) is -0.142. The van der Waals surface area contributed by atoms with Gasteiger partial charge in [-0.15, -0.1) is 5.10 Å². The largest absolute Gasteiger partial charge is 0.324 e. The Hall–Kier alpha value is -1.80. The van der Waals surface area contributed by atoms with Crippen LogP contribution in [0.2, 0.25) is 15.1 Å². The molecule has 0 radical (unpaired) electrons. The average molecular weight is 415 g/mol. The number of nitrogens with zero attached hydrogens (tertiary/aromatic N) is 4. The Morgan fingerprint density at radius 2 is 1.80 bits per heavy atom.